The summed E-state index contributed by atoms with van der Waals surface area (Å²) < 4.78 is 0. The number of benzene rings is 1. The van der Waals surface area contributed by atoms with Crippen LogP contribution in [0.4, 0.5) is 17.1 Å². The van der Waals surface area contributed by atoms with Gasteiger partial charge in [-0.3, -0.25) is 30.0 Å². The minimum atomic E-state index is -0.787. The van der Waals surface area contributed by atoms with Crippen molar-refractivity contribution in [1.29, 1.82) is 0 Å². The van der Waals surface area contributed by atoms with E-state index < -0.39 is 27.1 Å². The van der Waals surface area contributed by atoms with Crippen molar-refractivity contribution in [2.24, 2.45) is 0 Å². The molecular weight excluding hydrogens is 336 g/mol. The number of aromatic nitrogens is 1. The molecule has 0 radical (unpaired) electrons. The second kappa shape index (κ2) is 6.01. The summed E-state index contributed by atoms with van der Waals surface area (Å²) >= 11 is 1.17. The average molecular weight is 344 g/mol. The molecule has 0 saturated carbocycles. The van der Waals surface area contributed by atoms with E-state index in [-0.39, 0.29) is 16.6 Å². The van der Waals surface area contributed by atoms with Gasteiger partial charge >= 0.3 is 5.69 Å². The van der Waals surface area contributed by atoms with Crippen LogP contribution in [0.15, 0.2) is 41.9 Å². The number of carbonyl (C=O) groups excluding carboxylic acids is 1. The molecule has 0 saturated heterocycles. The van der Waals surface area contributed by atoms with E-state index in [4.69, 9.17) is 0 Å². The Balaban J connectivity index is 2.23. The minimum absolute atomic E-state index is 0.0108. The van der Waals surface area contributed by atoms with E-state index in [1.54, 1.807) is 17.5 Å². The third-order valence-electron chi connectivity index (χ3n) is 3.23. The molecule has 3 rings (SSSR count). The molecule has 0 fully saturated rings. The quantitative estimate of drug-likeness (QED) is 0.571. The van der Waals surface area contributed by atoms with Crippen LogP contribution in [0.25, 0.3) is 10.9 Å². The van der Waals surface area contributed by atoms with Gasteiger partial charge in [-0.1, -0.05) is 6.07 Å². The molecule has 9 nitrogen and oxygen atoms in total. The summed E-state index contributed by atoms with van der Waals surface area (Å²) in [5.41, 5.74) is -1.21. The van der Waals surface area contributed by atoms with Crippen molar-refractivity contribution in [1.82, 2.24) is 4.98 Å². The van der Waals surface area contributed by atoms with E-state index in [0.29, 0.717) is 4.88 Å². The Morgan fingerprint density at radius 2 is 1.88 bits per heavy atom. The van der Waals surface area contributed by atoms with E-state index in [9.17, 15) is 25.0 Å². The van der Waals surface area contributed by atoms with Crippen LogP contribution in [0, 0.1) is 20.2 Å². The molecule has 0 unspecified atom stereocenters. The molecule has 0 aliphatic carbocycles. The fourth-order valence-corrected chi connectivity index (χ4v) is 2.83. The van der Waals surface area contributed by atoms with E-state index >= 15 is 0 Å². The van der Waals surface area contributed by atoms with Crippen LogP contribution in [0.3, 0.4) is 0 Å². The summed E-state index contributed by atoms with van der Waals surface area (Å²) in [6, 6.07) is 6.96. The molecule has 24 heavy (non-hydrogen) atoms. The number of hydrogen-bond donors (Lipinski definition) is 1. The van der Waals surface area contributed by atoms with Crippen molar-refractivity contribution in [3.05, 3.63) is 67.0 Å². The molecule has 0 atom stereocenters. The maximum absolute atomic E-state index is 12.2. The first-order valence-electron chi connectivity index (χ1n) is 6.54. The molecule has 2 heterocycles. The number of hydrogen-bond acceptors (Lipinski definition) is 7. The Bertz CT molecular complexity index is 971. The monoisotopic (exact) mass is 344 g/mol. The van der Waals surface area contributed by atoms with Gasteiger partial charge in [-0.15, -0.1) is 11.3 Å². The first-order valence-corrected chi connectivity index (χ1v) is 7.42. The van der Waals surface area contributed by atoms with Gasteiger partial charge in [-0.2, -0.15) is 0 Å². The van der Waals surface area contributed by atoms with Gasteiger partial charge < -0.3 is 5.32 Å². The summed E-state index contributed by atoms with van der Waals surface area (Å²) in [5, 5.41) is 26.7. The maximum atomic E-state index is 12.2. The third kappa shape index (κ3) is 2.65. The number of non-ortho nitro benzene ring substituents is 1. The number of anilines is 1. The van der Waals surface area contributed by atoms with Crippen molar-refractivity contribution >= 4 is 45.2 Å². The molecule has 2 aromatic heterocycles. The molecule has 3 aromatic rings. The minimum Gasteiger partial charge on any atom is -0.314 e. The van der Waals surface area contributed by atoms with Crippen LogP contribution >= 0.6 is 11.3 Å². The molecule has 1 aromatic carbocycles. The van der Waals surface area contributed by atoms with Crippen molar-refractivity contribution in [2.75, 3.05) is 5.32 Å². The molecule has 0 spiro atoms. The van der Waals surface area contributed by atoms with E-state index in [0.717, 1.165) is 6.07 Å². The van der Waals surface area contributed by atoms with E-state index in [1.165, 1.54) is 29.7 Å². The van der Waals surface area contributed by atoms with Gasteiger partial charge in [0.05, 0.1) is 26.2 Å². The zero-order valence-corrected chi connectivity index (χ0v) is 12.6. The summed E-state index contributed by atoms with van der Waals surface area (Å²) in [4.78, 5) is 37.5. The van der Waals surface area contributed by atoms with Gasteiger partial charge in [0.15, 0.2) is 0 Å². The van der Waals surface area contributed by atoms with Gasteiger partial charge in [-0.05, 0) is 23.6 Å². The number of nitrogens with zero attached hydrogens (tertiary/aromatic N) is 3. The second-order valence-electron chi connectivity index (χ2n) is 4.64. The lowest BCUT2D eigenvalue weighted by Gasteiger charge is -2.08. The van der Waals surface area contributed by atoms with E-state index in [1.807, 2.05) is 0 Å². The largest absolute Gasteiger partial charge is 0.314 e. The number of pyridine rings is 1. The highest BCUT2D eigenvalue weighted by Gasteiger charge is 2.27. The number of amides is 1. The van der Waals surface area contributed by atoms with Crippen LogP contribution in [-0.4, -0.2) is 20.7 Å². The smallest absolute Gasteiger partial charge is 0.301 e. The number of rotatable bonds is 4. The Morgan fingerprint density at radius 1 is 1.12 bits per heavy atom. The summed E-state index contributed by atoms with van der Waals surface area (Å²) in [5.74, 6) is -0.547. The number of nitrogens with one attached hydrogen (secondary N) is 1. The lowest BCUT2D eigenvalue weighted by atomic mass is 10.1. The predicted molar refractivity (Wildman–Crippen MR) is 87.3 cm³/mol. The molecule has 1 N–H and O–H groups in total. The van der Waals surface area contributed by atoms with Crippen LogP contribution in [0.2, 0.25) is 0 Å². The molecule has 0 aliphatic rings. The standard InChI is InChI=1S/C14H8N4O5S/c19-14(11-4-2-6-24-11)16-13-10(18(22)23)7-9(17(20)21)8-3-1-5-15-12(8)13/h1-7H,(H,16,19). The van der Waals surface area contributed by atoms with Crippen LogP contribution in [-0.2, 0) is 0 Å². The first-order chi connectivity index (χ1) is 11.5. The highest BCUT2D eigenvalue weighted by Crippen LogP contribution is 2.38. The summed E-state index contributed by atoms with van der Waals surface area (Å²) in [6.45, 7) is 0. The normalized spacial score (nSPS) is 10.5. The summed E-state index contributed by atoms with van der Waals surface area (Å²) in [7, 11) is 0. The molecule has 1 amide bonds. The molecule has 10 heteroatoms. The number of nitro groups is 2. The second-order valence-corrected chi connectivity index (χ2v) is 5.58. The Morgan fingerprint density at radius 3 is 2.50 bits per heavy atom. The van der Waals surface area contributed by atoms with Crippen LogP contribution < -0.4 is 5.32 Å². The topological polar surface area (TPSA) is 128 Å². The lowest BCUT2D eigenvalue weighted by molar-refractivity contribution is -0.392. The Hall–Kier alpha value is -3.40. The fraction of sp³-hybridized carbons (Fsp3) is 0. The molecular formula is C14H8N4O5S. The number of nitro benzene ring substituents is 2. The van der Waals surface area contributed by atoms with Gasteiger partial charge in [0.1, 0.15) is 11.2 Å². The van der Waals surface area contributed by atoms with Crippen LogP contribution in [0.5, 0.6) is 0 Å². The third-order valence-corrected chi connectivity index (χ3v) is 4.10. The fourth-order valence-electron chi connectivity index (χ4n) is 2.21. The number of thiophene rings is 1. The van der Waals surface area contributed by atoms with Gasteiger partial charge in [0.2, 0.25) is 0 Å². The molecule has 0 aliphatic heterocycles. The van der Waals surface area contributed by atoms with Gasteiger partial charge in [0.25, 0.3) is 11.6 Å². The van der Waals surface area contributed by atoms with Gasteiger partial charge in [0, 0.05) is 6.20 Å². The van der Waals surface area contributed by atoms with Crippen molar-refractivity contribution in [3.8, 4) is 0 Å². The summed E-state index contributed by atoms with van der Waals surface area (Å²) in [6.07, 6.45) is 1.34. The molecule has 0 bridgehead atoms. The maximum Gasteiger partial charge on any atom is 0.301 e. The van der Waals surface area contributed by atoms with Crippen molar-refractivity contribution in [3.63, 3.8) is 0 Å². The van der Waals surface area contributed by atoms with Crippen LogP contribution in [0.1, 0.15) is 9.67 Å². The highest BCUT2D eigenvalue weighted by molar-refractivity contribution is 7.12. The highest BCUT2D eigenvalue weighted by atomic mass is 32.1. The van der Waals surface area contributed by atoms with Gasteiger partial charge in [-0.25, -0.2) is 0 Å². The first kappa shape index (κ1) is 15.5. The van der Waals surface area contributed by atoms with Crippen molar-refractivity contribution in [2.45, 2.75) is 0 Å². The average Bonchev–Trinajstić information content (AvgIpc) is 3.09. The zero-order chi connectivity index (χ0) is 17.3. The Labute approximate surface area is 137 Å². The van der Waals surface area contributed by atoms with E-state index in [2.05, 4.69) is 10.3 Å². The predicted octanol–water partition coefficient (Wildman–Crippen LogP) is 3.37. The lowest BCUT2D eigenvalue weighted by Crippen LogP contribution is -2.13. The number of fused-ring (bicyclic) bond motifs is 1. The Kier molecular flexibility index (Phi) is 3.88. The molecule has 120 valence electrons. The van der Waals surface area contributed by atoms with Crippen molar-refractivity contribution < 1.29 is 14.6 Å². The SMILES string of the molecule is O=C(Nc1c([N+](=O)[O-])cc([N+](=O)[O-])c2cccnc12)c1cccs1. The number of carbonyl (C=O) groups is 1. The zero-order valence-electron chi connectivity index (χ0n) is 11.8.